The average Bonchev–Trinajstić information content (AvgIpc) is 3.48. The molecule has 0 radical (unpaired) electrons. The zero-order valence-electron chi connectivity index (χ0n) is 22.9. The maximum absolute atomic E-state index is 14.2. The number of hydrogen-bond donors (Lipinski definition) is 0. The third-order valence-electron chi connectivity index (χ3n) is 7.94. The van der Waals surface area contributed by atoms with Gasteiger partial charge in [-0.15, -0.1) is 0 Å². The summed E-state index contributed by atoms with van der Waals surface area (Å²) in [5.74, 6) is -0.355. The number of fused-ring (bicyclic) bond motifs is 1. The number of halogens is 2. The summed E-state index contributed by atoms with van der Waals surface area (Å²) in [6, 6.07) is 3.43. The summed E-state index contributed by atoms with van der Waals surface area (Å²) in [5, 5.41) is 4.64. The SMILES string of the molecule is COCCN1CCc2nc(N3CCC(Oc4ccc(F)cc4F)CC3)c(-c3cnn(C4CCCCO4)c3)nc2C1. The number of hydrogen-bond acceptors (Lipinski definition) is 8. The summed E-state index contributed by atoms with van der Waals surface area (Å²) in [6.45, 7) is 5.31. The Balaban J connectivity index is 1.24. The Morgan fingerprint density at radius 1 is 1.05 bits per heavy atom. The van der Waals surface area contributed by atoms with Crippen LogP contribution in [0.4, 0.5) is 14.6 Å². The van der Waals surface area contributed by atoms with Crippen molar-refractivity contribution in [1.82, 2.24) is 24.6 Å². The van der Waals surface area contributed by atoms with Gasteiger partial charge in [-0.1, -0.05) is 0 Å². The van der Waals surface area contributed by atoms with Crippen LogP contribution in [0.2, 0.25) is 0 Å². The van der Waals surface area contributed by atoms with Gasteiger partial charge >= 0.3 is 0 Å². The molecule has 40 heavy (non-hydrogen) atoms. The highest BCUT2D eigenvalue weighted by Crippen LogP contribution is 2.34. The van der Waals surface area contributed by atoms with Gasteiger partial charge in [-0.25, -0.2) is 23.4 Å². The molecule has 1 aromatic carbocycles. The van der Waals surface area contributed by atoms with Crippen molar-refractivity contribution in [2.75, 3.05) is 51.4 Å². The van der Waals surface area contributed by atoms with Gasteiger partial charge in [0.05, 0.1) is 24.2 Å². The maximum Gasteiger partial charge on any atom is 0.167 e. The van der Waals surface area contributed by atoms with Gasteiger partial charge in [0.15, 0.2) is 17.4 Å². The number of ether oxygens (including phenoxy) is 3. The molecule has 1 unspecified atom stereocenters. The zero-order valence-corrected chi connectivity index (χ0v) is 22.9. The number of piperidine rings is 1. The third-order valence-corrected chi connectivity index (χ3v) is 7.94. The maximum atomic E-state index is 14.2. The van der Waals surface area contributed by atoms with Crippen LogP contribution in [-0.2, 0) is 22.4 Å². The monoisotopic (exact) mass is 554 g/mol. The van der Waals surface area contributed by atoms with Crippen LogP contribution in [-0.4, -0.2) is 77.3 Å². The number of benzene rings is 1. The van der Waals surface area contributed by atoms with Gasteiger partial charge in [0, 0.05) is 83.5 Å². The quantitative estimate of drug-likeness (QED) is 0.406. The lowest BCUT2D eigenvalue weighted by Crippen LogP contribution is -2.40. The number of anilines is 1. The predicted molar refractivity (Wildman–Crippen MR) is 145 cm³/mol. The molecule has 0 saturated carbocycles. The molecule has 6 rings (SSSR count). The van der Waals surface area contributed by atoms with Crippen LogP contribution < -0.4 is 9.64 Å². The molecule has 3 aliphatic heterocycles. The predicted octanol–water partition coefficient (Wildman–Crippen LogP) is 4.37. The Morgan fingerprint density at radius 2 is 1.93 bits per heavy atom. The van der Waals surface area contributed by atoms with E-state index in [4.69, 9.17) is 24.2 Å². The van der Waals surface area contributed by atoms with Gasteiger partial charge in [0.2, 0.25) is 0 Å². The minimum Gasteiger partial charge on any atom is -0.487 e. The molecule has 0 spiro atoms. The first kappa shape index (κ1) is 27.0. The van der Waals surface area contributed by atoms with Gasteiger partial charge in [-0.2, -0.15) is 5.10 Å². The summed E-state index contributed by atoms with van der Waals surface area (Å²) in [6.07, 6.45) is 9.03. The van der Waals surface area contributed by atoms with Crippen molar-refractivity contribution in [3.8, 4) is 17.0 Å². The third kappa shape index (κ3) is 5.96. The van der Waals surface area contributed by atoms with Gasteiger partial charge in [-0.3, -0.25) is 4.90 Å². The Hall–Kier alpha value is -3.15. The Morgan fingerprint density at radius 3 is 2.70 bits per heavy atom. The summed E-state index contributed by atoms with van der Waals surface area (Å²) in [7, 11) is 1.72. The molecule has 11 heteroatoms. The summed E-state index contributed by atoms with van der Waals surface area (Å²) in [5.41, 5.74) is 3.76. The molecule has 9 nitrogen and oxygen atoms in total. The number of nitrogens with zero attached hydrogens (tertiary/aromatic N) is 6. The van der Waals surface area contributed by atoms with E-state index in [2.05, 4.69) is 14.9 Å². The first-order valence-electron chi connectivity index (χ1n) is 14.2. The Labute approximate surface area is 233 Å². The van der Waals surface area contributed by atoms with Crippen LogP contribution in [0.5, 0.6) is 5.75 Å². The number of rotatable bonds is 8. The highest BCUT2D eigenvalue weighted by atomic mass is 19.1. The molecule has 3 aliphatic rings. The molecule has 2 fully saturated rings. The average molecular weight is 555 g/mol. The molecule has 1 atom stereocenters. The van der Waals surface area contributed by atoms with Crippen LogP contribution in [0, 0.1) is 11.6 Å². The van der Waals surface area contributed by atoms with E-state index in [1.54, 1.807) is 7.11 Å². The second kappa shape index (κ2) is 12.2. The standard InChI is InChI=1S/C29H36F2N6O3/c1-38-15-13-35-10-9-24-25(19-35)33-28(20-17-32-37(18-20)27-4-2-3-14-39-27)29(34-24)36-11-7-22(8-12-36)40-26-6-5-21(30)16-23(26)31/h5-6,16-18,22,27H,2-4,7-15,19H2,1H3. The van der Waals surface area contributed by atoms with E-state index < -0.39 is 11.6 Å². The Bertz CT molecular complexity index is 1310. The van der Waals surface area contributed by atoms with E-state index in [0.29, 0.717) is 32.5 Å². The zero-order chi connectivity index (χ0) is 27.5. The van der Waals surface area contributed by atoms with E-state index in [1.165, 1.54) is 12.1 Å². The van der Waals surface area contributed by atoms with E-state index >= 15 is 0 Å². The highest BCUT2D eigenvalue weighted by Gasteiger charge is 2.29. The van der Waals surface area contributed by atoms with E-state index in [9.17, 15) is 8.78 Å². The molecule has 214 valence electrons. The van der Waals surface area contributed by atoms with Crippen molar-refractivity contribution in [2.45, 2.75) is 57.4 Å². The molecule has 5 heterocycles. The molecule has 0 N–H and O–H groups in total. The van der Waals surface area contributed by atoms with Crippen LogP contribution in [0.1, 0.15) is 49.7 Å². The molecule has 2 aromatic heterocycles. The number of methoxy groups -OCH3 is 1. The molecule has 0 bridgehead atoms. The van der Waals surface area contributed by atoms with Gasteiger partial charge in [0.1, 0.15) is 23.8 Å². The first-order valence-corrected chi connectivity index (χ1v) is 14.2. The van der Waals surface area contributed by atoms with Gasteiger partial charge in [-0.05, 0) is 31.4 Å². The first-order chi connectivity index (χ1) is 19.6. The van der Waals surface area contributed by atoms with Crippen molar-refractivity contribution in [3.63, 3.8) is 0 Å². The lowest BCUT2D eigenvalue weighted by Gasteiger charge is -2.35. The summed E-state index contributed by atoms with van der Waals surface area (Å²) >= 11 is 0. The van der Waals surface area contributed by atoms with Crippen LogP contribution in [0.15, 0.2) is 30.6 Å². The fourth-order valence-corrected chi connectivity index (χ4v) is 5.69. The van der Waals surface area contributed by atoms with Crippen molar-refractivity contribution in [3.05, 3.63) is 53.6 Å². The summed E-state index contributed by atoms with van der Waals surface area (Å²) in [4.78, 5) is 15.0. The van der Waals surface area contributed by atoms with Gasteiger partial charge < -0.3 is 19.1 Å². The van der Waals surface area contributed by atoms with Gasteiger partial charge in [0.25, 0.3) is 0 Å². The smallest absolute Gasteiger partial charge is 0.167 e. The minimum absolute atomic E-state index is 0.0548. The highest BCUT2D eigenvalue weighted by molar-refractivity contribution is 5.72. The second-order valence-electron chi connectivity index (χ2n) is 10.7. The van der Waals surface area contributed by atoms with Crippen LogP contribution in [0.25, 0.3) is 11.3 Å². The fraction of sp³-hybridized carbons (Fsp3) is 0.552. The topological polar surface area (TPSA) is 77.8 Å². The molecular weight excluding hydrogens is 518 g/mol. The summed E-state index contributed by atoms with van der Waals surface area (Å²) < 4.78 is 46.5. The molecular formula is C29H36F2N6O3. The lowest BCUT2D eigenvalue weighted by atomic mass is 10.1. The van der Waals surface area contributed by atoms with E-state index in [1.807, 2.05) is 17.1 Å². The molecule has 2 saturated heterocycles. The molecule has 0 aliphatic carbocycles. The van der Waals surface area contributed by atoms with Crippen molar-refractivity contribution in [1.29, 1.82) is 0 Å². The largest absolute Gasteiger partial charge is 0.487 e. The van der Waals surface area contributed by atoms with E-state index in [0.717, 1.165) is 86.5 Å². The molecule has 3 aromatic rings. The fourth-order valence-electron chi connectivity index (χ4n) is 5.69. The van der Waals surface area contributed by atoms with Crippen molar-refractivity contribution < 1.29 is 23.0 Å². The normalized spacial score (nSPS) is 20.5. The van der Waals surface area contributed by atoms with E-state index in [-0.39, 0.29) is 18.1 Å². The van der Waals surface area contributed by atoms with Crippen LogP contribution >= 0.6 is 0 Å². The lowest BCUT2D eigenvalue weighted by molar-refractivity contribution is -0.0394. The van der Waals surface area contributed by atoms with Crippen molar-refractivity contribution in [2.24, 2.45) is 0 Å². The number of aromatic nitrogens is 4. The molecule has 0 amide bonds. The Kier molecular flexibility index (Phi) is 8.22. The second-order valence-corrected chi connectivity index (χ2v) is 10.7. The minimum atomic E-state index is -0.677. The van der Waals surface area contributed by atoms with Crippen LogP contribution in [0.3, 0.4) is 0 Å². The van der Waals surface area contributed by atoms with Crippen molar-refractivity contribution >= 4 is 5.82 Å².